The summed E-state index contributed by atoms with van der Waals surface area (Å²) in [4.78, 5) is 22.2. The first-order valence-corrected chi connectivity index (χ1v) is 10.0. The van der Waals surface area contributed by atoms with Crippen LogP contribution in [0.5, 0.6) is 0 Å². The van der Waals surface area contributed by atoms with Crippen molar-refractivity contribution in [1.29, 1.82) is 0 Å². The molecule has 0 unspecified atom stereocenters. The van der Waals surface area contributed by atoms with Gasteiger partial charge in [0.1, 0.15) is 16.4 Å². The highest BCUT2D eigenvalue weighted by atomic mass is 35.5. The van der Waals surface area contributed by atoms with Crippen molar-refractivity contribution < 1.29 is 0 Å². The number of nitrogens with one attached hydrogen (secondary N) is 2. The van der Waals surface area contributed by atoms with Crippen molar-refractivity contribution in [2.45, 2.75) is 19.4 Å². The number of aromatic amines is 1. The lowest BCUT2D eigenvalue weighted by Crippen LogP contribution is -2.31. The first-order valence-electron chi connectivity index (χ1n) is 8.88. The minimum Gasteiger partial charge on any atom is -0.383 e. The van der Waals surface area contributed by atoms with Gasteiger partial charge in [-0.05, 0) is 43.2 Å². The lowest BCUT2D eigenvalue weighted by atomic mass is 10.1. The second-order valence-electron chi connectivity index (χ2n) is 6.81. The van der Waals surface area contributed by atoms with Gasteiger partial charge in [-0.3, -0.25) is 9.78 Å². The van der Waals surface area contributed by atoms with Gasteiger partial charge >= 0.3 is 0 Å². The molecule has 9 heteroatoms. The smallest absolute Gasteiger partial charge is 0.264 e. The van der Waals surface area contributed by atoms with Crippen molar-refractivity contribution in [3.8, 4) is 0 Å². The molecular weight excluding hydrogens is 429 g/mol. The summed E-state index contributed by atoms with van der Waals surface area (Å²) in [6.45, 7) is 2.07. The summed E-state index contributed by atoms with van der Waals surface area (Å²) in [5.41, 5.74) is 8.56. The van der Waals surface area contributed by atoms with E-state index in [0.717, 1.165) is 12.1 Å². The first-order chi connectivity index (χ1) is 13.8. The Morgan fingerprint density at radius 1 is 1.28 bits per heavy atom. The second kappa shape index (κ2) is 7.67. The molecule has 0 saturated carbocycles. The van der Waals surface area contributed by atoms with E-state index in [1.54, 1.807) is 18.2 Å². The Morgan fingerprint density at radius 2 is 1.97 bits per heavy atom. The summed E-state index contributed by atoms with van der Waals surface area (Å²) in [6, 6.07) is 13.0. The lowest BCUT2D eigenvalue weighted by Gasteiger charge is -2.23. The van der Waals surface area contributed by atoms with Gasteiger partial charge in [-0.25, -0.2) is 0 Å². The maximum Gasteiger partial charge on any atom is 0.264 e. The Hall–Kier alpha value is -2.61. The molecule has 0 spiro atoms. The maximum absolute atomic E-state index is 12.8. The van der Waals surface area contributed by atoms with Gasteiger partial charge in [0.2, 0.25) is 5.95 Å². The van der Waals surface area contributed by atoms with Crippen LogP contribution >= 0.6 is 35.4 Å². The van der Waals surface area contributed by atoms with Gasteiger partial charge in [0, 0.05) is 27.5 Å². The van der Waals surface area contributed by atoms with E-state index in [9.17, 15) is 4.79 Å². The van der Waals surface area contributed by atoms with E-state index in [1.165, 1.54) is 5.56 Å². The molecule has 148 valence electrons. The molecule has 1 aliphatic heterocycles. The van der Waals surface area contributed by atoms with Gasteiger partial charge in [-0.2, -0.15) is 4.98 Å². The molecule has 0 radical (unpaired) electrons. The average Bonchev–Trinajstić information content (AvgIpc) is 2.95. The number of H-pyrrole nitrogens is 1. The van der Waals surface area contributed by atoms with Gasteiger partial charge < -0.3 is 16.0 Å². The molecule has 1 aliphatic rings. The molecule has 1 aromatic heterocycles. The summed E-state index contributed by atoms with van der Waals surface area (Å²) in [5, 5.41) is 3.83. The predicted octanol–water partition coefficient (Wildman–Crippen LogP) is 4.53. The van der Waals surface area contributed by atoms with Crippen LogP contribution in [-0.4, -0.2) is 21.0 Å². The number of hydrogen-bond donors (Lipinski definition) is 3. The van der Waals surface area contributed by atoms with Gasteiger partial charge in [0.05, 0.1) is 0 Å². The van der Waals surface area contributed by atoms with E-state index in [4.69, 9.17) is 41.2 Å². The van der Waals surface area contributed by atoms with Crippen LogP contribution in [0.1, 0.15) is 18.1 Å². The lowest BCUT2D eigenvalue weighted by molar-refractivity contribution is 0.738. The molecule has 0 aliphatic carbocycles. The number of nitrogens with two attached hydrogens (primary N) is 1. The molecule has 0 saturated heterocycles. The van der Waals surface area contributed by atoms with Crippen LogP contribution in [0.15, 0.2) is 47.3 Å². The standard InChI is InChI=1S/C20H17Cl2N5OS/c1-10-6-11-4-2-3-5-15(11)27(10)20-25-17(23)16(18(28)26-20)19(29)24-14-8-12(21)7-13(22)9-14/h2-5,7-10H,6H2,1H3,(H,24,29)(H3,23,25,26,28)/t10-/m0/s1. The quantitative estimate of drug-likeness (QED) is 0.513. The minimum atomic E-state index is -0.422. The van der Waals surface area contributed by atoms with Crippen molar-refractivity contribution in [3.63, 3.8) is 0 Å². The first kappa shape index (κ1) is 19.7. The molecule has 0 amide bonds. The second-order valence-corrected chi connectivity index (χ2v) is 8.10. The Bertz CT molecular complexity index is 1160. The van der Waals surface area contributed by atoms with Gasteiger partial charge in [-0.15, -0.1) is 0 Å². The molecule has 2 aromatic carbocycles. The summed E-state index contributed by atoms with van der Waals surface area (Å²) in [6.07, 6.45) is 0.858. The molecule has 0 bridgehead atoms. The van der Waals surface area contributed by atoms with E-state index in [-0.39, 0.29) is 22.4 Å². The number of para-hydroxylation sites is 1. The number of hydrogen-bond acceptors (Lipinski definition) is 5. The van der Waals surface area contributed by atoms with Crippen LogP contribution in [0, 0.1) is 0 Å². The minimum absolute atomic E-state index is 0.0472. The third-order valence-corrected chi connectivity index (χ3v) is 5.46. The Morgan fingerprint density at radius 3 is 2.66 bits per heavy atom. The zero-order valence-electron chi connectivity index (χ0n) is 15.4. The Balaban J connectivity index is 1.68. The Labute approximate surface area is 182 Å². The zero-order valence-corrected chi connectivity index (χ0v) is 17.7. The zero-order chi connectivity index (χ0) is 20.7. The number of aromatic nitrogens is 2. The molecule has 4 N–H and O–H groups in total. The van der Waals surface area contributed by atoms with E-state index < -0.39 is 5.56 Å². The predicted molar refractivity (Wildman–Crippen MR) is 123 cm³/mol. The van der Waals surface area contributed by atoms with Crippen molar-refractivity contribution in [3.05, 3.63) is 74.0 Å². The molecule has 1 atom stereocenters. The van der Waals surface area contributed by atoms with Crippen molar-refractivity contribution in [2.75, 3.05) is 16.0 Å². The number of halogens is 2. The van der Waals surface area contributed by atoms with E-state index in [1.807, 2.05) is 23.1 Å². The summed E-state index contributed by atoms with van der Waals surface area (Å²) >= 11 is 17.4. The van der Waals surface area contributed by atoms with Crippen LogP contribution in [0.25, 0.3) is 0 Å². The number of fused-ring (bicyclic) bond motifs is 1. The molecule has 6 nitrogen and oxygen atoms in total. The third-order valence-electron chi connectivity index (χ3n) is 4.72. The topological polar surface area (TPSA) is 87.0 Å². The number of nitrogens with zero attached hydrogens (tertiary/aromatic N) is 2. The number of thiocarbonyl (C=S) groups is 1. The van der Waals surface area contributed by atoms with Gasteiger partial charge in [-0.1, -0.05) is 53.6 Å². The highest BCUT2D eigenvalue weighted by Crippen LogP contribution is 2.36. The SMILES string of the molecule is C[C@H]1Cc2ccccc2N1c1nc(N)c(C(=S)Nc2cc(Cl)cc(Cl)c2)c(=O)[nH]1. The highest BCUT2D eigenvalue weighted by molar-refractivity contribution is 7.81. The molecular formula is C20H17Cl2N5OS. The van der Waals surface area contributed by atoms with Crippen LogP contribution in [0.2, 0.25) is 10.0 Å². The van der Waals surface area contributed by atoms with E-state index in [0.29, 0.717) is 21.7 Å². The summed E-state index contributed by atoms with van der Waals surface area (Å²) in [7, 11) is 0. The average molecular weight is 446 g/mol. The van der Waals surface area contributed by atoms with E-state index >= 15 is 0 Å². The highest BCUT2D eigenvalue weighted by Gasteiger charge is 2.29. The van der Waals surface area contributed by atoms with Crippen molar-refractivity contribution in [2.24, 2.45) is 0 Å². The fourth-order valence-corrected chi connectivity index (χ4v) is 4.36. The largest absolute Gasteiger partial charge is 0.383 e. The number of anilines is 4. The van der Waals surface area contributed by atoms with Crippen LogP contribution in [-0.2, 0) is 6.42 Å². The fourth-order valence-electron chi connectivity index (χ4n) is 3.52. The molecule has 2 heterocycles. The Kier molecular flexibility index (Phi) is 5.21. The third kappa shape index (κ3) is 3.81. The van der Waals surface area contributed by atoms with Crippen molar-refractivity contribution >= 4 is 63.5 Å². The normalized spacial score (nSPS) is 15.3. The summed E-state index contributed by atoms with van der Waals surface area (Å²) < 4.78 is 0. The van der Waals surface area contributed by atoms with E-state index in [2.05, 4.69) is 28.3 Å². The van der Waals surface area contributed by atoms with Gasteiger partial charge in [0.25, 0.3) is 5.56 Å². The molecule has 3 aromatic rings. The number of rotatable bonds is 3. The van der Waals surface area contributed by atoms with Crippen LogP contribution in [0.4, 0.5) is 23.1 Å². The summed E-state index contributed by atoms with van der Waals surface area (Å²) in [5.74, 6) is 0.438. The number of nitrogen functional groups attached to an aromatic ring is 1. The van der Waals surface area contributed by atoms with Crippen LogP contribution in [0.3, 0.4) is 0 Å². The molecule has 29 heavy (non-hydrogen) atoms. The maximum atomic E-state index is 12.8. The van der Waals surface area contributed by atoms with Crippen molar-refractivity contribution in [1.82, 2.24) is 9.97 Å². The number of benzene rings is 2. The van der Waals surface area contributed by atoms with Crippen LogP contribution < -0.4 is 21.5 Å². The monoisotopic (exact) mass is 445 g/mol. The molecule has 0 fully saturated rings. The molecule has 4 rings (SSSR count). The van der Waals surface area contributed by atoms with Gasteiger partial charge in [0.15, 0.2) is 0 Å². The fraction of sp³-hybridized carbons (Fsp3) is 0.150.